The summed E-state index contributed by atoms with van der Waals surface area (Å²) in [4.78, 5) is 24.7. The molecule has 6 heteroatoms. The molecule has 21 heavy (non-hydrogen) atoms. The molecule has 0 aromatic carbocycles. The van der Waals surface area contributed by atoms with E-state index < -0.39 is 5.41 Å². The number of carbonyl (C=O) groups is 1. The Bertz CT molecular complexity index is 592. The molecule has 2 heterocycles. The third kappa shape index (κ3) is 3.13. The highest BCUT2D eigenvalue weighted by molar-refractivity contribution is 5.95. The molecule has 6 nitrogen and oxygen atoms in total. The number of hydrogen-bond acceptors (Lipinski definition) is 5. The summed E-state index contributed by atoms with van der Waals surface area (Å²) in [5, 5.41) is 9.25. The van der Waals surface area contributed by atoms with Crippen LogP contribution in [0.2, 0.25) is 0 Å². The van der Waals surface area contributed by atoms with Crippen molar-refractivity contribution in [1.29, 1.82) is 5.26 Å². The monoisotopic (exact) mass is 287 g/mol. The summed E-state index contributed by atoms with van der Waals surface area (Å²) in [6.07, 6.45) is 3.27. The maximum absolute atomic E-state index is 12.6. The molecule has 0 N–H and O–H groups in total. The van der Waals surface area contributed by atoms with Crippen LogP contribution in [0.3, 0.4) is 0 Å². The fourth-order valence-corrected chi connectivity index (χ4v) is 2.55. The minimum atomic E-state index is -0.452. The van der Waals surface area contributed by atoms with Gasteiger partial charge in [-0.15, -0.1) is 0 Å². The lowest BCUT2D eigenvalue weighted by atomic mass is 9.83. The highest BCUT2D eigenvalue weighted by Crippen LogP contribution is 2.29. The summed E-state index contributed by atoms with van der Waals surface area (Å²) in [6.45, 7) is 4.88. The van der Waals surface area contributed by atoms with Crippen LogP contribution < -0.4 is 4.90 Å². The Hall–Kier alpha value is -2.16. The van der Waals surface area contributed by atoms with E-state index in [9.17, 15) is 10.1 Å². The van der Waals surface area contributed by atoms with Crippen LogP contribution in [0.5, 0.6) is 0 Å². The first kappa shape index (κ1) is 15.2. The van der Waals surface area contributed by atoms with E-state index >= 15 is 0 Å². The fraction of sp³-hybridized carbons (Fsp3) is 0.600. The Labute approximate surface area is 125 Å². The van der Waals surface area contributed by atoms with Gasteiger partial charge in [0.05, 0.1) is 22.7 Å². The van der Waals surface area contributed by atoms with Gasteiger partial charge >= 0.3 is 0 Å². The third-order valence-corrected chi connectivity index (χ3v) is 3.85. The van der Waals surface area contributed by atoms with Crippen LogP contribution in [-0.4, -0.2) is 48.0 Å². The van der Waals surface area contributed by atoms with E-state index in [1.54, 1.807) is 16.0 Å². The number of rotatable bonds is 2. The van der Waals surface area contributed by atoms with Crippen molar-refractivity contribution in [2.75, 3.05) is 32.1 Å². The Morgan fingerprint density at radius 3 is 2.81 bits per heavy atom. The molecule has 0 saturated carbocycles. The third-order valence-electron chi connectivity index (χ3n) is 3.85. The van der Waals surface area contributed by atoms with E-state index in [1.807, 2.05) is 27.9 Å². The van der Waals surface area contributed by atoms with Crippen molar-refractivity contribution in [3.05, 3.63) is 17.5 Å². The summed E-state index contributed by atoms with van der Waals surface area (Å²) in [6, 6.07) is 2.32. The second-order valence-corrected chi connectivity index (χ2v) is 6.07. The van der Waals surface area contributed by atoms with Crippen molar-refractivity contribution in [2.45, 2.75) is 26.7 Å². The van der Waals surface area contributed by atoms with Gasteiger partial charge in [-0.25, -0.2) is 9.97 Å². The molecule has 1 aromatic heterocycles. The maximum Gasteiger partial charge on any atom is 0.257 e. The van der Waals surface area contributed by atoms with Crippen molar-refractivity contribution >= 4 is 11.9 Å². The quantitative estimate of drug-likeness (QED) is 0.826. The highest BCUT2D eigenvalue weighted by Gasteiger charge is 2.34. The van der Waals surface area contributed by atoms with E-state index in [0.29, 0.717) is 30.3 Å². The zero-order valence-electron chi connectivity index (χ0n) is 13.1. The van der Waals surface area contributed by atoms with E-state index in [1.165, 1.54) is 0 Å². The molecule has 0 aliphatic carbocycles. The predicted octanol–water partition coefficient (Wildman–Crippen LogP) is 1.62. The van der Waals surface area contributed by atoms with Gasteiger partial charge in [0.2, 0.25) is 5.95 Å². The highest BCUT2D eigenvalue weighted by atomic mass is 16.2. The molecule has 112 valence electrons. The number of nitriles is 1. The first-order valence-corrected chi connectivity index (χ1v) is 7.08. The van der Waals surface area contributed by atoms with Crippen LogP contribution >= 0.6 is 0 Å². The lowest BCUT2D eigenvalue weighted by molar-refractivity contribution is 0.0628. The van der Waals surface area contributed by atoms with Gasteiger partial charge in [-0.05, 0) is 26.7 Å². The minimum Gasteiger partial charge on any atom is -0.347 e. The molecule has 1 atom stereocenters. The predicted molar refractivity (Wildman–Crippen MR) is 80.0 cm³/mol. The topological polar surface area (TPSA) is 73.1 Å². The molecular weight excluding hydrogens is 266 g/mol. The number of aryl methyl sites for hydroxylation is 1. The Morgan fingerprint density at radius 1 is 1.52 bits per heavy atom. The SMILES string of the molecule is Cc1nc(N(C)C)ncc1C(=O)N1CCC[C@](C)(C#N)C1. The average Bonchev–Trinajstić information content (AvgIpc) is 2.46. The Kier molecular flexibility index (Phi) is 4.12. The zero-order valence-corrected chi connectivity index (χ0v) is 13.1. The van der Waals surface area contributed by atoms with Crippen molar-refractivity contribution < 1.29 is 4.79 Å². The molecule has 1 aromatic rings. The van der Waals surface area contributed by atoms with Gasteiger partial charge < -0.3 is 9.80 Å². The number of hydrogen-bond donors (Lipinski definition) is 0. The molecule has 1 amide bonds. The first-order valence-electron chi connectivity index (χ1n) is 7.08. The molecule has 1 saturated heterocycles. The van der Waals surface area contributed by atoms with Gasteiger partial charge in [0.1, 0.15) is 0 Å². The Balaban J connectivity index is 2.22. The molecule has 0 unspecified atom stereocenters. The second kappa shape index (κ2) is 5.68. The number of piperidine rings is 1. The summed E-state index contributed by atoms with van der Waals surface area (Å²) in [5.41, 5.74) is 0.734. The molecule has 2 rings (SSSR count). The van der Waals surface area contributed by atoms with Crippen molar-refractivity contribution in [1.82, 2.24) is 14.9 Å². The molecule has 1 aliphatic rings. The number of nitrogens with zero attached hydrogens (tertiary/aromatic N) is 5. The van der Waals surface area contributed by atoms with Gasteiger partial charge in [0, 0.05) is 33.4 Å². The smallest absolute Gasteiger partial charge is 0.257 e. The average molecular weight is 287 g/mol. The number of likely N-dealkylation sites (tertiary alicyclic amines) is 1. The Morgan fingerprint density at radius 2 is 2.24 bits per heavy atom. The van der Waals surface area contributed by atoms with Crippen LogP contribution in [0.1, 0.15) is 35.8 Å². The first-order chi connectivity index (χ1) is 9.86. The van der Waals surface area contributed by atoms with Crippen molar-refractivity contribution in [3.8, 4) is 6.07 Å². The number of anilines is 1. The molecule has 1 aliphatic heterocycles. The van der Waals surface area contributed by atoms with Gasteiger partial charge in [0.25, 0.3) is 5.91 Å². The van der Waals surface area contributed by atoms with Gasteiger partial charge in [0.15, 0.2) is 0 Å². The van der Waals surface area contributed by atoms with E-state index in [0.717, 1.165) is 12.8 Å². The van der Waals surface area contributed by atoms with Crippen LogP contribution in [0.25, 0.3) is 0 Å². The lowest BCUT2D eigenvalue weighted by Crippen LogP contribution is -2.44. The second-order valence-electron chi connectivity index (χ2n) is 6.07. The summed E-state index contributed by atoms with van der Waals surface area (Å²) in [5.74, 6) is 0.503. The maximum atomic E-state index is 12.6. The van der Waals surface area contributed by atoms with Crippen molar-refractivity contribution in [3.63, 3.8) is 0 Å². The largest absolute Gasteiger partial charge is 0.347 e. The van der Waals surface area contributed by atoms with Gasteiger partial charge in [-0.2, -0.15) is 5.26 Å². The van der Waals surface area contributed by atoms with E-state index in [-0.39, 0.29) is 5.91 Å². The number of amides is 1. The van der Waals surface area contributed by atoms with Gasteiger partial charge in [-0.3, -0.25) is 4.79 Å². The summed E-state index contributed by atoms with van der Waals surface area (Å²) >= 11 is 0. The lowest BCUT2D eigenvalue weighted by Gasteiger charge is -2.36. The van der Waals surface area contributed by atoms with Crippen LogP contribution in [-0.2, 0) is 0 Å². The van der Waals surface area contributed by atoms with Gasteiger partial charge in [-0.1, -0.05) is 0 Å². The van der Waals surface area contributed by atoms with E-state index in [2.05, 4.69) is 16.0 Å². The minimum absolute atomic E-state index is 0.0843. The van der Waals surface area contributed by atoms with Crippen molar-refractivity contribution in [2.24, 2.45) is 5.41 Å². The van der Waals surface area contributed by atoms with E-state index in [4.69, 9.17) is 0 Å². The van der Waals surface area contributed by atoms with Crippen LogP contribution in [0.15, 0.2) is 6.20 Å². The molecule has 0 radical (unpaired) electrons. The molecular formula is C15H21N5O. The standard InChI is InChI=1S/C15H21N5O/c1-11-12(8-17-14(18-11)19(3)4)13(21)20-7-5-6-15(2,9-16)10-20/h8H,5-7,10H2,1-4H3/t15-/m1/s1. The zero-order chi connectivity index (χ0) is 15.6. The number of aromatic nitrogens is 2. The summed E-state index contributed by atoms with van der Waals surface area (Å²) < 4.78 is 0. The number of carbonyl (C=O) groups excluding carboxylic acids is 1. The fourth-order valence-electron chi connectivity index (χ4n) is 2.55. The molecule has 0 bridgehead atoms. The molecule has 0 spiro atoms. The van der Waals surface area contributed by atoms with Crippen LogP contribution in [0.4, 0.5) is 5.95 Å². The normalized spacial score (nSPS) is 21.8. The molecule has 1 fully saturated rings. The van der Waals surface area contributed by atoms with Crippen LogP contribution in [0, 0.1) is 23.7 Å². The summed E-state index contributed by atoms with van der Waals surface area (Å²) in [7, 11) is 3.72.